The zero-order valence-electron chi connectivity index (χ0n) is 12.5. The fraction of sp³-hybridized carbons (Fsp3) is 0.412. The molecule has 1 aliphatic rings. The van der Waals surface area contributed by atoms with Crippen LogP contribution in [0.15, 0.2) is 36.9 Å². The molecule has 1 unspecified atom stereocenters. The van der Waals surface area contributed by atoms with Gasteiger partial charge in [0.25, 0.3) is 5.91 Å². The number of carbonyl (C=O) groups excluding carboxylic acids is 2. The van der Waals surface area contributed by atoms with Crippen LogP contribution in [-0.2, 0) is 11.3 Å². The van der Waals surface area contributed by atoms with Gasteiger partial charge in [0.05, 0.1) is 0 Å². The highest BCUT2D eigenvalue weighted by Crippen LogP contribution is 2.22. The van der Waals surface area contributed by atoms with E-state index in [2.05, 4.69) is 18.8 Å². The minimum absolute atomic E-state index is 0.0643. The summed E-state index contributed by atoms with van der Waals surface area (Å²) in [5, 5.41) is 2.73. The first kappa shape index (κ1) is 15.3. The molecule has 1 N–H and O–H groups in total. The van der Waals surface area contributed by atoms with Crippen molar-refractivity contribution in [3.8, 4) is 0 Å². The summed E-state index contributed by atoms with van der Waals surface area (Å²) >= 11 is 0. The predicted molar refractivity (Wildman–Crippen MR) is 82.8 cm³/mol. The van der Waals surface area contributed by atoms with Crippen LogP contribution in [0.5, 0.6) is 0 Å². The second-order valence-corrected chi connectivity index (χ2v) is 5.39. The lowest BCUT2D eigenvalue weighted by Gasteiger charge is -2.18. The molecule has 1 atom stereocenters. The standard InChI is InChI=1S/C17H22N2O2/c1-3-13-9-10-19(12-13)17(21)15-8-6-5-7-14(15)11-18-16(20)4-2/h4-8,13H,2-3,9-12H2,1H3,(H,18,20). The maximum Gasteiger partial charge on any atom is 0.254 e. The van der Waals surface area contributed by atoms with Gasteiger partial charge >= 0.3 is 0 Å². The Bertz CT molecular complexity index is 539. The predicted octanol–water partition coefficient (Wildman–Crippen LogP) is 2.36. The minimum atomic E-state index is -0.232. The van der Waals surface area contributed by atoms with Crippen LogP contribution >= 0.6 is 0 Å². The molecule has 112 valence electrons. The monoisotopic (exact) mass is 286 g/mol. The van der Waals surface area contributed by atoms with Crippen molar-refractivity contribution in [2.45, 2.75) is 26.3 Å². The van der Waals surface area contributed by atoms with Crippen LogP contribution in [0.3, 0.4) is 0 Å². The molecule has 1 aliphatic heterocycles. The molecule has 0 radical (unpaired) electrons. The van der Waals surface area contributed by atoms with Crippen LogP contribution < -0.4 is 5.32 Å². The van der Waals surface area contributed by atoms with E-state index in [-0.39, 0.29) is 11.8 Å². The van der Waals surface area contributed by atoms with Gasteiger partial charge in [-0.05, 0) is 30.0 Å². The van der Waals surface area contributed by atoms with Crippen LogP contribution in [0.4, 0.5) is 0 Å². The van der Waals surface area contributed by atoms with Gasteiger partial charge in [-0.25, -0.2) is 0 Å². The molecule has 0 saturated carbocycles. The summed E-state index contributed by atoms with van der Waals surface area (Å²) in [6.45, 7) is 7.59. The van der Waals surface area contributed by atoms with Crippen molar-refractivity contribution in [3.05, 3.63) is 48.0 Å². The summed E-state index contributed by atoms with van der Waals surface area (Å²) in [5.41, 5.74) is 1.52. The van der Waals surface area contributed by atoms with Crippen LogP contribution in [0.2, 0.25) is 0 Å². The Morgan fingerprint density at radius 3 is 2.86 bits per heavy atom. The molecule has 2 amide bonds. The van der Waals surface area contributed by atoms with E-state index in [1.165, 1.54) is 6.08 Å². The van der Waals surface area contributed by atoms with E-state index < -0.39 is 0 Å². The van der Waals surface area contributed by atoms with Crippen LogP contribution in [0, 0.1) is 5.92 Å². The molecule has 1 fully saturated rings. The van der Waals surface area contributed by atoms with E-state index in [1.807, 2.05) is 29.2 Å². The Morgan fingerprint density at radius 1 is 1.43 bits per heavy atom. The Morgan fingerprint density at radius 2 is 2.19 bits per heavy atom. The van der Waals surface area contributed by atoms with Crippen molar-refractivity contribution in [2.24, 2.45) is 5.92 Å². The number of nitrogens with zero attached hydrogens (tertiary/aromatic N) is 1. The third-order valence-corrected chi connectivity index (χ3v) is 4.04. The molecule has 4 heteroatoms. The average Bonchev–Trinajstić information content (AvgIpc) is 3.01. The summed E-state index contributed by atoms with van der Waals surface area (Å²) < 4.78 is 0. The summed E-state index contributed by atoms with van der Waals surface area (Å²) in [5.74, 6) is 0.445. The number of amides is 2. The van der Waals surface area contributed by atoms with Crippen molar-refractivity contribution >= 4 is 11.8 Å². The maximum atomic E-state index is 12.6. The number of hydrogen-bond donors (Lipinski definition) is 1. The quantitative estimate of drug-likeness (QED) is 0.845. The Hall–Kier alpha value is -2.10. The molecule has 2 rings (SSSR count). The number of rotatable bonds is 5. The van der Waals surface area contributed by atoms with E-state index in [0.717, 1.165) is 31.5 Å². The van der Waals surface area contributed by atoms with Crippen molar-refractivity contribution in [3.63, 3.8) is 0 Å². The second-order valence-electron chi connectivity index (χ2n) is 5.39. The van der Waals surface area contributed by atoms with Gasteiger partial charge in [0.2, 0.25) is 5.91 Å². The fourth-order valence-corrected chi connectivity index (χ4v) is 2.66. The topological polar surface area (TPSA) is 49.4 Å². The van der Waals surface area contributed by atoms with Crippen molar-refractivity contribution in [1.82, 2.24) is 10.2 Å². The Kier molecular flexibility index (Phi) is 5.14. The molecule has 4 nitrogen and oxygen atoms in total. The smallest absolute Gasteiger partial charge is 0.254 e. The second kappa shape index (κ2) is 7.07. The lowest BCUT2D eigenvalue weighted by molar-refractivity contribution is -0.116. The molecular weight excluding hydrogens is 264 g/mol. The van der Waals surface area contributed by atoms with E-state index in [0.29, 0.717) is 18.0 Å². The summed E-state index contributed by atoms with van der Waals surface area (Å²) in [4.78, 5) is 25.8. The first-order chi connectivity index (χ1) is 10.2. The Balaban J connectivity index is 2.10. The number of nitrogens with one attached hydrogen (secondary N) is 1. The van der Waals surface area contributed by atoms with Crippen molar-refractivity contribution < 1.29 is 9.59 Å². The lowest BCUT2D eigenvalue weighted by atomic mass is 10.1. The zero-order chi connectivity index (χ0) is 15.2. The van der Waals surface area contributed by atoms with E-state index in [1.54, 1.807) is 0 Å². The minimum Gasteiger partial charge on any atom is -0.348 e. The molecule has 21 heavy (non-hydrogen) atoms. The number of likely N-dealkylation sites (tertiary alicyclic amines) is 1. The van der Waals surface area contributed by atoms with Gasteiger partial charge < -0.3 is 10.2 Å². The largest absolute Gasteiger partial charge is 0.348 e. The molecule has 0 bridgehead atoms. The zero-order valence-corrected chi connectivity index (χ0v) is 12.5. The SMILES string of the molecule is C=CC(=O)NCc1ccccc1C(=O)N1CCC(CC)C1. The average molecular weight is 286 g/mol. The summed E-state index contributed by atoms with van der Waals surface area (Å²) in [6, 6.07) is 7.45. The highest BCUT2D eigenvalue weighted by atomic mass is 16.2. The first-order valence-corrected chi connectivity index (χ1v) is 7.43. The third kappa shape index (κ3) is 3.72. The highest BCUT2D eigenvalue weighted by Gasteiger charge is 2.26. The number of hydrogen-bond acceptors (Lipinski definition) is 2. The molecule has 1 saturated heterocycles. The molecule has 0 aromatic heterocycles. The van der Waals surface area contributed by atoms with Gasteiger partial charge in [-0.1, -0.05) is 38.1 Å². The molecule has 1 aromatic rings. The van der Waals surface area contributed by atoms with Crippen LogP contribution in [0.1, 0.15) is 35.7 Å². The van der Waals surface area contributed by atoms with Gasteiger partial charge in [-0.3, -0.25) is 9.59 Å². The normalized spacial score (nSPS) is 17.6. The van der Waals surface area contributed by atoms with Gasteiger partial charge in [-0.2, -0.15) is 0 Å². The molecule has 0 aliphatic carbocycles. The highest BCUT2D eigenvalue weighted by molar-refractivity contribution is 5.96. The van der Waals surface area contributed by atoms with E-state index in [9.17, 15) is 9.59 Å². The number of benzene rings is 1. The van der Waals surface area contributed by atoms with Crippen LogP contribution in [-0.4, -0.2) is 29.8 Å². The summed E-state index contributed by atoms with van der Waals surface area (Å²) in [6.07, 6.45) is 3.43. The fourth-order valence-electron chi connectivity index (χ4n) is 2.66. The maximum absolute atomic E-state index is 12.6. The van der Waals surface area contributed by atoms with Gasteiger partial charge in [0, 0.05) is 25.2 Å². The van der Waals surface area contributed by atoms with Crippen molar-refractivity contribution in [2.75, 3.05) is 13.1 Å². The molecular formula is C17H22N2O2. The lowest BCUT2D eigenvalue weighted by Crippen LogP contribution is -2.30. The van der Waals surface area contributed by atoms with Gasteiger partial charge in [0.1, 0.15) is 0 Å². The van der Waals surface area contributed by atoms with Gasteiger partial charge in [0.15, 0.2) is 0 Å². The van der Waals surface area contributed by atoms with Gasteiger partial charge in [-0.15, -0.1) is 0 Å². The third-order valence-electron chi connectivity index (χ3n) is 4.04. The van der Waals surface area contributed by atoms with Crippen LogP contribution in [0.25, 0.3) is 0 Å². The van der Waals surface area contributed by atoms with E-state index >= 15 is 0 Å². The molecule has 0 spiro atoms. The molecule has 1 aromatic carbocycles. The molecule has 1 heterocycles. The Labute approximate surface area is 125 Å². The number of carbonyl (C=O) groups is 2. The van der Waals surface area contributed by atoms with E-state index in [4.69, 9.17) is 0 Å². The summed E-state index contributed by atoms with van der Waals surface area (Å²) in [7, 11) is 0. The van der Waals surface area contributed by atoms with Crippen molar-refractivity contribution in [1.29, 1.82) is 0 Å². The first-order valence-electron chi connectivity index (χ1n) is 7.43.